The first-order valence-electron chi connectivity index (χ1n) is 9.11. The summed E-state index contributed by atoms with van der Waals surface area (Å²) in [6.45, 7) is 6.45. The first kappa shape index (κ1) is 19.8. The summed E-state index contributed by atoms with van der Waals surface area (Å²) in [6, 6.07) is 11.4. The van der Waals surface area contributed by atoms with Gasteiger partial charge in [-0.25, -0.2) is 0 Å². The van der Waals surface area contributed by atoms with Crippen LogP contribution in [-0.2, 0) is 11.3 Å². The first-order chi connectivity index (χ1) is 13.5. The van der Waals surface area contributed by atoms with Crippen LogP contribution >= 0.6 is 11.6 Å². The fraction of sp³-hybridized carbons (Fsp3) is 0.227. The summed E-state index contributed by atoms with van der Waals surface area (Å²) in [7, 11) is 0. The van der Waals surface area contributed by atoms with E-state index in [1.165, 1.54) is 0 Å². The van der Waals surface area contributed by atoms with Gasteiger partial charge in [0.2, 0.25) is 5.91 Å². The quantitative estimate of drug-likeness (QED) is 0.627. The molecule has 0 aliphatic heterocycles. The first-order valence-corrected chi connectivity index (χ1v) is 9.49. The van der Waals surface area contributed by atoms with E-state index in [2.05, 4.69) is 15.4 Å². The third-order valence-electron chi connectivity index (χ3n) is 4.66. The van der Waals surface area contributed by atoms with Gasteiger partial charge in [-0.3, -0.25) is 14.5 Å². The van der Waals surface area contributed by atoms with Crippen molar-refractivity contribution in [2.24, 2.45) is 0 Å². The molecule has 1 atom stereocenters. The van der Waals surface area contributed by atoms with E-state index in [1.807, 2.05) is 67.9 Å². The number of carbonyl (C=O) groups is 1. The Hall–Kier alpha value is -2.92. The van der Waals surface area contributed by atoms with Crippen molar-refractivity contribution in [2.45, 2.75) is 33.4 Å². The van der Waals surface area contributed by atoms with E-state index in [9.17, 15) is 4.79 Å². The van der Waals surface area contributed by atoms with Crippen LogP contribution in [0.5, 0.6) is 0 Å². The Morgan fingerprint density at radius 1 is 1.25 bits per heavy atom. The molecule has 2 heterocycles. The molecule has 0 aliphatic rings. The van der Waals surface area contributed by atoms with E-state index in [0.29, 0.717) is 6.54 Å². The summed E-state index contributed by atoms with van der Waals surface area (Å²) >= 11 is 6.26. The largest absolute Gasteiger partial charge is 0.346 e. The minimum Gasteiger partial charge on any atom is -0.346 e. The number of carbonyl (C=O) groups excluding carboxylic acids is 1. The number of aromatic nitrogens is 3. The molecule has 6 heteroatoms. The predicted molar refractivity (Wildman–Crippen MR) is 112 cm³/mol. The number of halogens is 1. The number of rotatable bonds is 6. The molecule has 3 rings (SSSR count). The van der Waals surface area contributed by atoms with Gasteiger partial charge < -0.3 is 5.32 Å². The number of pyridine rings is 1. The maximum Gasteiger partial charge on any atom is 0.244 e. The van der Waals surface area contributed by atoms with Crippen molar-refractivity contribution >= 4 is 23.6 Å². The molecule has 28 heavy (non-hydrogen) atoms. The number of amides is 1. The minimum absolute atomic E-state index is 0.115. The summed E-state index contributed by atoms with van der Waals surface area (Å²) < 4.78 is 1.91. The maximum atomic E-state index is 12.3. The van der Waals surface area contributed by atoms with E-state index in [-0.39, 0.29) is 11.9 Å². The SMILES string of the molecule is Cc1nn(Cc2ccccc2Cl)c(C)c1/C=C/C(=O)NC(C)c1cccnc1. The lowest BCUT2D eigenvalue weighted by atomic mass is 10.1. The van der Waals surface area contributed by atoms with Crippen LogP contribution < -0.4 is 5.32 Å². The molecule has 0 bridgehead atoms. The highest BCUT2D eigenvalue weighted by Crippen LogP contribution is 2.20. The Labute approximate surface area is 170 Å². The summed E-state index contributed by atoms with van der Waals surface area (Å²) in [5.41, 5.74) is 4.77. The van der Waals surface area contributed by atoms with E-state index >= 15 is 0 Å². The number of nitrogens with zero attached hydrogens (tertiary/aromatic N) is 3. The third-order valence-corrected chi connectivity index (χ3v) is 5.03. The lowest BCUT2D eigenvalue weighted by Crippen LogP contribution is -2.24. The zero-order chi connectivity index (χ0) is 20.1. The molecule has 1 unspecified atom stereocenters. The summed E-state index contributed by atoms with van der Waals surface area (Å²) in [4.78, 5) is 16.4. The van der Waals surface area contributed by atoms with Crippen LogP contribution in [0, 0.1) is 13.8 Å². The van der Waals surface area contributed by atoms with Gasteiger partial charge in [0.15, 0.2) is 0 Å². The van der Waals surface area contributed by atoms with Crippen LogP contribution in [0.1, 0.15) is 41.0 Å². The molecule has 5 nitrogen and oxygen atoms in total. The molecule has 1 amide bonds. The zero-order valence-corrected chi connectivity index (χ0v) is 16.9. The van der Waals surface area contributed by atoms with E-state index in [1.54, 1.807) is 18.5 Å². The van der Waals surface area contributed by atoms with Crippen LogP contribution in [0.15, 0.2) is 54.9 Å². The van der Waals surface area contributed by atoms with Crippen LogP contribution in [0.2, 0.25) is 5.02 Å². The van der Waals surface area contributed by atoms with E-state index in [0.717, 1.165) is 33.1 Å². The third kappa shape index (κ3) is 4.67. The van der Waals surface area contributed by atoms with Gasteiger partial charge >= 0.3 is 0 Å². The normalized spacial score (nSPS) is 12.3. The molecule has 0 radical (unpaired) electrons. The van der Waals surface area contributed by atoms with Crippen LogP contribution in [0.4, 0.5) is 0 Å². The van der Waals surface area contributed by atoms with Crippen LogP contribution in [0.3, 0.4) is 0 Å². The Morgan fingerprint density at radius 2 is 2.04 bits per heavy atom. The molecule has 1 aromatic carbocycles. The number of aryl methyl sites for hydroxylation is 1. The lowest BCUT2D eigenvalue weighted by Gasteiger charge is -2.12. The summed E-state index contributed by atoms with van der Waals surface area (Å²) in [6.07, 6.45) is 6.82. The molecule has 2 aromatic heterocycles. The van der Waals surface area contributed by atoms with Crippen molar-refractivity contribution in [1.82, 2.24) is 20.1 Å². The standard InChI is InChI=1S/C22H23ClN4O/c1-15(18-8-6-12-24-13-18)25-22(28)11-10-20-16(2)26-27(17(20)3)14-19-7-4-5-9-21(19)23/h4-13,15H,14H2,1-3H3,(H,25,28)/b11-10+. The average Bonchev–Trinajstić information content (AvgIpc) is 2.95. The van der Waals surface area contributed by atoms with E-state index < -0.39 is 0 Å². The van der Waals surface area contributed by atoms with Crippen molar-refractivity contribution in [3.8, 4) is 0 Å². The predicted octanol–water partition coefficient (Wildman–Crippen LogP) is 4.49. The van der Waals surface area contributed by atoms with Crippen LogP contribution in [-0.4, -0.2) is 20.7 Å². The van der Waals surface area contributed by atoms with Crippen molar-refractivity contribution in [3.63, 3.8) is 0 Å². The maximum absolute atomic E-state index is 12.3. The molecule has 0 saturated carbocycles. The average molecular weight is 395 g/mol. The summed E-state index contributed by atoms with van der Waals surface area (Å²) in [5.74, 6) is -0.158. The fourth-order valence-electron chi connectivity index (χ4n) is 3.03. The Bertz CT molecular complexity index is 995. The van der Waals surface area contributed by atoms with Crippen molar-refractivity contribution in [3.05, 3.63) is 88.0 Å². The lowest BCUT2D eigenvalue weighted by molar-refractivity contribution is -0.117. The highest BCUT2D eigenvalue weighted by atomic mass is 35.5. The van der Waals surface area contributed by atoms with E-state index in [4.69, 9.17) is 11.6 Å². The van der Waals surface area contributed by atoms with Crippen molar-refractivity contribution in [2.75, 3.05) is 0 Å². The van der Waals surface area contributed by atoms with Crippen LogP contribution in [0.25, 0.3) is 6.08 Å². The second-order valence-electron chi connectivity index (χ2n) is 6.68. The Morgan fingerprint density at radius 3 is 2.75 bits per heavy atom. The molecular formula is C22H23ClN4O. The van der Waals surface area contributed by atoms with Crippen molar-refractivity contribution in [1.29, 1.82) is 0 Å². The van der Waals surface area contributed by atoms with Gasteiger partial charge in [0.1, 0.15) is 0 Å². The molecule has 0 saturated heterocycles. The number of benzene rings is 1. The molecule has 1 N–H and O–H groups in total. The highest BCUT2D eigenvalue weighted by Gasteiger charge is 2.12. The molecule has 0 fully saturated rings. The second-order valence-corrected chi connectivity index (χ2v) is 7.09. The smallest absolute Gasteiger partial charge is 0.244 e. The number of hydrogen-bond acceptors (Lipinski definition) is 3. The molecular weight excluding hydrogens is 372 g/mol. The highest BCUT2D eigenvalue weighted by molar-refractivity contribution is 6.31. The molecule has 0 aliphatic carbocycles. The van der Waals surface area contributed by atoms with Gasteiger partial charge in [-0.15, -0.1) is 0 Å². The number of hydrogen-bond donors (Lipinski definition) is 1. The Balaban J connectivity index is 1.71. The van der Waals surface area contributed by atoms with Gasteiger partial charge in [0.05, 0.1) is 18.3 Å². The zero-order valence-electron chi connectivity index (χ0n) is 16.2. The molecule has 144 valence electrons. The van der Waals surface area contributed by atoms with Gasteiger partial charge in [-0.05, 0) is 50.1 Å². The fourth-order valence-corrected chi connectivity index (χ4v) is 3.23. The van der Waals surface area contributed by atoms with Gasteiger partial charge in [-0.1, -0.05) is 35.9 Å². The Kier molecular flexibility index (Phi) is 6.26. The monoisotopic (exact) mass is 394 g/mol. The molecule has 3 aromatic rings. The minimum atomic E-state index is -0.158. The van der Waals surface area contributed by atoms with Gasteiger partial charge in [-0.2, -0.15) is 5.10 Å². The number of nitrogens with one attached hydrogen (secondary N) is 1. The van der Waals surface area contributed by atoms with Gasteiger partial charge in [0.25, 0.3) is 0 Å². The second kappa shape index (κ2) is 8.85. The summed E-state index contributed by atoms with van der Waals surface area (Å²) in [5, 5.41) is 8.27. The topological polar surface area (TPSA) is 59.8 Å². The van der Waals surface area contributed by atoms with Crippen molar-refractivity contribution < 1.29 is 4.79 Å². The molecule has 0 spiro atoms. The van der Waals surface area contributed by atoms with Gasteiger partial charge in [0, 0.05) is 34.7 Å².